The molecule has 0 aromatic rings. The Morgan fingerprint density at radius 1 is 1.36 bits per heavy atom. The van der Waals surface area contributed by atoms with Gasteiger partial charge in [0, 0.05) is 0 Å². The second kappa shape index (κ2) is 8.09. The lowest BCUT2D eigenvalue weighted by Gasteiger charge is -2.05. The van der Waals surface area contributed by atoms with Crippen LogP contribution in [0.4, 0.5) is 4.39 Å². The lowest BCUT2D eigenvalue weighted by Crippen LogP contribution is -2.11. The van der Waals surface area contributed by atoms with Gasteiger partial charge >= 0.3 is 5.97 Å². The van der Waals surface area contributed by atoms with Gasteiger partial charge in [0.1, 0.15) is 0 Å². The first kappa shape index (κ1) is 13.8. The van der Waals surface area contributed by atoms with Crippen LogP contribution in [0.15, 0.2) is 0 Å². The van der Waals surface area contributed by atoms with Crippen molar-refractivity contribution in [2.75, 3.05) is 5.75 Å². The molecule has 0 spiro atoms. The number of carboxylic acid groups (broad SMARTS) is 1. The minimum Gasteiger partial charge on any atom is -0.480 e. The molecule has 0 aliphatic rings. The van der Waals surface area contributed by atoms with Crippen LogP contribution >= 0.6 is 11.8 Å². The number of carboxylic acids is 1. The molecule has 0 aromatic carbocycles. The molecule has 0 aliphatic heterocycles. The van der Waals surface area contributed by atoms with Gasteiger partial charge in [-0.05, 0) is 32.4 Å². The number of rotatable bonds is 8. The molecule has 0 bridgehead atoms. The molecule has 4 heteroatoms. The number of hydrogen-bond acceptors (Lipinski definition) is 2. The van der Waals surface area contributed by atoms with Gasteiger partial charge in [-0.2, -0.15) is 0 Å². The molecule has 0 aromatic heterocycles. The fourth-order valence-electron chi connectivity index (χ4n) is 1.04. The van der Waals surface area contributed by atoms with Gasteiger partial charge in [-0.1, -0.05) is 12.8 Å². The first-order valence-corrected chi connectivity index (χ1v) is 6.07. The van der Waals surface area contributed by atoms with Crippen molar-refractivity contribution in [2.45, 2.75) is 51.0 Å². The van der Waals surface area contributed by atoms with Crippen LogP contribution in [0.25, 0.3) is 0 Å². The predicted molar refractivity (Wildman–Crippen MR) is 58.6 cm³/mol. The summed E-state index contributed by atoms with van der Waals surface area (Å²) >= 11 is 1.45. The van der Waals surface area contributed by atoms with E-state index in [1.54, 1.807) is 13.8 Å². The highest BCUT2D eigenvalue weighted by Gasteiger charge is 2.09. The molecule has 0 radical (unpaired) electrons. The fraction of sp³-hybridized carbons (Fsp3) is 0.900. The Morgan fingerprint density at radius 3 is 2.50 bits per heavy atom. The molecular formula is C10H19FO2S. The number of hydrogen-bond donors (Lipinski definition) is 1. The van der Waals surface area contributed by atoms with Crippen molar-refractivity contribution < 1.29 is 14.3 Å². The zero-order valence-corrected chi connectivity index (χ0v) is 9.65. The summed E-state index contributed by atoms with van der Waals surface area (Å²) in [6, 6.07) is 0. The first-order valence-electron chi connectivity index (χ1n) is 5.02. The number of alkyl halides is 1. The molecule has 0 fully saturated rings. The summed E-state index contributed by atoms with van der Waals surface area (Å²) in [5, 5.41) is 8.26. The Hall–Kier alpha value is -0.250. The number of carbonyl (C=O) groups is 1. The van der Waals surface area contributed by atoms with Gasteiger partial charge in [-0.15, -0.1) is 11.8 Å². The van der Waals surface area contributed by atoms with E-state index in [0.717, 1.165) is 25.0 Å². The number of unbranched alkanes of at least 4 members (excludes halogenated alkanes) is 2. The number of thioether (sulfide) groups is 1. The van der Waals surface area contributed by atoms with Crippen molar-refractivity contribution in [1.29, 1.82) is 0 Å². The Balaban J connectivity index is 3.17. The van der Waals surface area contributed by atoms with Crippen LogP contribution in [-0.4, -0.2) is 28.3 Å². The molecule has 0 heterocycles. The maximum atomic E-state index is 12.4. The van der Waals surface area contributed by atoms with E-state index >= 15 is 0 Å². The monoisotopic (exact) mass is 222 g/mol. The van der Waals surface area contributed by atoms with Crippen LogP contribution in [0.5, 0.6) is 0 Å². The van der Waals surface area contributed by atoms with Crippen LogP contribution in [0.3, 0.4) is 0 Å². The smallest absolute Gasteiger partial charge is 0.316 e. The van der Waals surface area contributed by atoms with Crippen molar-refractivity contribution in [3.63, 3.8) is 0 Å². The molecule has 2 nitrogen and oxygen atoms in total. The van der Waals surface area contributed by atoms with Crippen molar-refractivity contribution in [3.8, 4) is 0 Å². The highest BCUT2D eigenvalue weighted by Crippen LogP contribution is 2.14. The van der Waals surface area contributed by atoms with Gasteiger partial charge in [0.2, 0.25) is 0 Å². The fourth-order valence-corrected chi connectivity index (χ4v) is 1.90. The van der Waals surface area contributed by atoms with E-state index in [-0.39, 0.29) is 5.25 Å². The van der Waals surface area contributed by atoms with Crippen molar-refractivity contribution >= 4 is 17.7 Å². The first-order chi connectivity index (χ1) is 6.54. The third-order valence-electron chi connectivity index (χ3n) is 1.96. The van der Waals surface area contributed by atoms with Crippen molar-refractivity contribution in [2.24, 2.45) is 0 Å². The Bertz CT molecular complexity index is 162. The summed E-state index contributed by atoms with van der Waals surface area (Å²) in [4.78, 5) is 10.4. The Kier molecular flexibility index (Phi) is 7.95. The third kappa shape index (κ3) is 8.35. The predicted octanol–water partition coefficient (Wildman–Crippen LogP) is 3.11. The average Bonchev–Trinajstić information content (AvgIpc) is 2.09. The van der Waals surface area contributed by atoms with Crippen molar-refractivity contribution in [1.82, 2.24) is 0 Å². The lowest BCUT2D eigenvalue weighted by molar-refractivity contribution is -0.136. The van der Waals surface area contributed by atoms with Crippen LogP contribution < -0.4 is 0 Å². The second-order valence-electron chi connectivity index (χ2n) is 3.48. The topological polar surface area (TPSA) is 37.3 Å². The van der Waals surface area contributed by atoms with Crippen LogP contribution in [0.1, 0.15) is 39.5 Å². The molecular weight excluding hydrogens is 203 g/mol. The SMILES string of the molecule is CC(F)CCCCCSC(C)C(=O)O. The van der Waals surface area contributed by atoms with Gasteiger partial charge in [0.15, 0.2) is 0 Å². The lowest BCUT2D eigenvalue weighted by atomic mass is 10.1. The van der Waals surface area contributed by atoms with Gasteiger partial charge < -0.3 is 5.11 Å². The molecule has 2 unspecified atom stereocenters. The summed E-state index contributed by atoms with van der Waals surface area (Å²) in [5.41, 5.74) is 0. The van der Waals surface area contributed by atoms with Crippen LogP contribution in [0.2, 0.25) is 0 Å². The summed E-state index contributed by atoms with van der Waals surface area (Å²) in [7, 11) is 0. The van der Waals surface area contributed by atoms with E-state index in [0.29, 0.717) is 6.42 Å². The standard InChI is InChI=1S/C10H19FO2S/c1-8(11)6-4-3-5-7-14-9(2)10(12)13/h8-9H,3-7H2,1-2H3,(H,12,13). The molecule has 0 aliphatic carbocycles. The van der Waals surface area contributed by atoms with E-state index in [1.165, 1.54) is 11.8 Å². The summed E-state index contributed by atoms with van der Waals surface area (Å²) in [6.45, 7) is 3.26. The van der Waals surface area contributed by atoms with Gasteiger partial charge in [0.05, 0.1) is 11.4 Å². The normalized spacial score (nSPS) is 15.1. The quantitative estimate of drug-likeness (QED) is 0.641. The molecule has 0 rings (SSSR count). The van der Waals surface area contributed by atoms with Crippen molar-refractivity contribution in [3.05, 3.63) is 0 Å². The third-order valence-corrected chi connectivity index (χ3v) is 3.19. The van der Waals surface area contributed by atoms with Gasteiger partial charge in [-0.25, -0.2) is 4.39 Å². The number of aliphatic carboxylic acids is 1. The summed E-state index contributed by atoms with van der Waals surface area (Å²) in [6.07, 6.45) is 2.79. The largest absolute Gasteiger partial charge is 0.480 e. The summed E-state index contributed by atoms with van der Waals surface area (Å²) < 4.78 is 12.4. The van der Waals surface area contributed by atoms with Gasteiger partial charge in [0.25, 0.3) is 0 Å². The molecule has 84 valence electrons. The Morgan fingerprint density at radius 2 is 2.00 bits per heavy atom. The second-order valence-corrected chi connectivity index (χ2v) is 4.93. The van der Waals surface area contributed by atoms with E-state index in [9.17, 15) is 9.18 Å². The molecule has 0 saturated carbocycles. The zero-order valence-electron chi connectivity index (χ0n) is 8.83. The van der Waals surface area contributed by atoms with E-state index in [2.05, 4.69) is 0 Å². The summed E-state index contributed by atoms with van der Waals surface area (Å²) in [5.74, 6) is 0.0982. The minimum absolute atomic E-state index is 0.324. The maximum Gasteiger partial charge on any atom is 0.316 e. The molecule has 0 saturated heterocycles. The minimum atomic E-state index is -0.757. The highest BCUT2D eigenvalue weighted by atomic mass is 32.2. The average molecular weight is 222 g/mol. The zero-order chi connectivity index (χ0) is 11.0. The molecule has 14 heavy (non-hydrogen) atoms. The van der Waals surface area contributed by atoms with E-state index in [1.807, 2.05) is 0 Å². The van der Waals surface area contributed by atoms with Crippen LogP contribution in [0, 0.1) is 0 Å². The van der Waals surface area contributed by atoms with E-state index < -0.39 is 12.1 Å². The molecule has 1 N–H and O–H groups in total. The van der Waals surface area contributed by atoms with E-state index in [4.69, 9.17) is 5.11 Å². The van der Waals surface area contributed by atoms with Gasteiger partial charge in [-0.3, -0.25) is 4.79 Å². The Labute approximate surface area is 89.3 Å². The molecule has 2 atom stereocenters. The van der Waals surface area contributed by atoms with Crippen LogP contribution in [-0.2, 0) is 4.79 Å². The number of halogens is 1. The molecule has 0 amide bonds. The maximum absolute atomic E-state index is 12.4. The highest BCUT2D eigenvalue weighted by molar-refractivity contribution is 8.00.